The van der Waals surface area contributed by atoms with Gasteiger partial charge in [-0.1, -0.05) is 0 Å². The molecule has 0 heterocycles. The van der Waals surface area contributed by atoms with E-state index in [4.69, 9.17) is 40.2 Å². The van der Waals surface area contributed by atoms with Gasteiger partial charge in [0.2, 0.25) is 6.16 Å². The van der Waals surface area contributed by atoms with Crippen LogP contribution in [0.3, 0.4) is 0 Å². The van der Waals surface area contributed by atoms with E-state index < -0.39 is 24.2 Å². The number of hydrogen-bond donors (Lipinski definition) is 7. The van der Waals surface area contributed by atoms with Crippen LogP contribution >= 0.6 is 0 Å². The minimum absolute atomic E-state index is 0. The summed E-state index contributed by atoms with van der Waals surface area (Å²) in [6.45, 7) is -0.556. The summed E-state index contributed by atoms with van der Waals surface area (Å²) in [6, 6.07) is 0. The molecule has 0 amide bonds. The Kier molecular flexibility index (Phi) is 40.5. The van der Waals surface area contributed by atoms with Gasteiger partial charge in [-0.3, -0.25) is 9.59 Å². The predicted octanol–water partition coefficient (Wildman–Crippen LogP) is -5.83. The van der Waals surface area contributed by atoms with Crippen LogP contribution in [0.15, 0.2) is 0 Å². The molecule has 0 aromatic heterocycles. The van der Waals surface area contributed by atoms with Crippen LogP contribution in [-0.4, -0.2) is 62.9 Å². The van der Waals surface area contributed by atoms with Crippen LogP contribution in [0.4, 0.5) is 9.59 Å². The molecule has 0 saturated heterocycles. The van der Waals surface area contributed by atoms with Crippen LogP contribution in [0.1, 0.15) is 0 Å². The third-order valence-corrected chi connectivity index (χ3v) is 0.349. The maximum atomic E-state index is 9.24. The van der Waals surface area contributed by atoms with E-state index in [1.165, 1.54) is 0 Å². The largest absolute Gasteiger partial charge is 1.00 e. The number of carboxylic acid groups (broad SMARTS) is 6. The van der Waals surface area contributed by atoms with Crippen LogP contribution in [0.2, 0.25) is 0 Å². The third kappa shape index (κ3) is 590. The Morgan fingerprint density at radius 1 is 0.789 bits per heavy atom. The first-order valence-corrected chi connectivity index (χ1v) is 3.66. The summed E-state index contributed by atoms with van der Waals surface area (Å²) in [6.07, 6.45) is -3.92. The molecule has 9 N–H and O–H groups in total. The Bertz CT molecular complexity index is 224. The minimum Gasteiger partial charge on any atom is -0.565 e. The van der Waals surface area contributed by atoms with Crippen molar-refractivity contribution in [3.05, 3.63) is 0 Å². The molecule has 0 aromatic carbocycles. The predicted molar refractivity (Wildman–Crippen MR) is 52.1 cm³/mol. The smallest absolute Gasteiger partial charge is 0.565 e. The van der Waals surface area contributed by atoms with Gasteiger partial charge in [0.25, 0.3) is 0 Å². The molecule has 0 aromatic rings. The zero-order valence-corrected chi connectivity index (χ0v) is 11.8. The van der Waals surface area contributed by atoms with Crippen molar-refractivity contribution in [3.63, 3.8) is 0 Å². The molecular formula is C6H13N2NaO10. The van der Waals surface area contributed by atoms with Crippen LogP contribution in [0.5, 0.6) is 0 Å². The fraction of sp³-hybridized carbons (Fsp3) is 0.333. The second kappa shape index (κ2) is 25.3. The first-order valence-electron chi connectivity index (χ1n) is 3.66. The molecule has 0 unspecified atom stereocenters. The topological polar surface area (TPSA) is 245 Å². The third-order valence-electron chi connectivity index (χ3n) is 0.349. The van der Waals surface area contributed by atoms with E-state index in [9.17, 15) is 9.59 Å². The maximum absolute atomic E-state index is 9.24. The van der Waals surface area contributed by atoms with Gasteiger partial charge in [-0.05, 0) is 0 Å². The van der Waals surface area contributed by atoms with Crippen molar-refractivity contribution in [3.8, 4) is 0 Å². The van der Waals surface area contributed by atoms with Crippen molar-refractivity contribution in [1.82, 2.24) is 0 Å². The number of nitrogens with two attached hydrogens (primary N) is 2. The van der Waals surface area contributed by atoms with Crippen LogP contribution in [-0.2, 0) is 9.59 Å². The van der Waals surface area contributed by atoms with Gasteiger partial charge >= 0.3 is 47.7 Å². The van der Waals surface area contributed by atoms with E-state index >= 15 is 0 Å². The Morgan fingerprint density at radius 3 is 0.842 bits per heavy atom. The van der Waals surface area contributed by atoms with Gasteiger partial charge in [-0.15, -0.1) is 0 Å². The molecule has 0 fully saturated rings. The van der Waals surface area contributed by atoms with Crippen molar-refractivity contribution in [2.24, 2.45) is 11.5 Å². The SMILES string of the molecule is NCC(=O)O.NCC(=O)O.O=C(O)O.O=C([O-])O.[Na+]. The molecule has 0 spiro atoms. The molecule has 0 bridgehead atoms. The second-order valence-corrected chi connectivity index (χ2v) is 1.74. The summed E-state index contributed by atoms with van der Waals surface area (Å²) in [5, 5.41) is 44.4. The molecular weight excluding hydrogens is 283 g/mol. The van der Waals surface area contributed by atoms with E-state index in [1.807, 2.05) is 0 Å². The van der Waals surface area contributed by atoms with Crippen LogP contribution in [0, 0.1) is 0 Å². The Hall–Kier alpha value is -1.60. The van der Waals surface area contributed by atoms with Gasteiger partial charge in [-0.25, -0.2) is 4.79 Å². The summed E-state index contributed by atoms with van der Waals surface area (Å²) in [5.41, 5.74) is 9.14. The average molecular weight is 296 g/mol. The van der Waals surface area contributed by atoms with Crippen molar-refractivity contribution < 1.29 is 79.4 Å². The van der Waals surface area contributed by atoms with E-state index in [0.717, 1.165) is 0 Å². The van der Waals surface area contributed by atoms with Gasteiger partial charge < -0.3 is 46.9 Å². The number of aliphatic carboxylic acids is 2. The number of hydrogen-bond acceptors (Lipinski definition) is 7. The molecule has 12 nitrogen and oxygen atoms in total. The molecule has 0 saturated carbocycles. The normalized spacial score (nSPS) is 6.42. The molecule has 0 aliphatic heterocycles. The summed E-state index contributed by atoms with van der Waals surface area (Å²) in [4.78, 5) is 35.5. The molecule has 0 aliphatic carbocycles. The Morgan fingerprint density at radius 2 is 0.842 bits per heavy atom. The van der Waals surface area contributed by atoms with Crippen LogP contribution in [0.25, 0.3) is 0 Å². The maximum Gasteiger partial charge on any atom is 1.00 e. The first kappa shape index (κ1) is 30.4. The second-order valence-electron chi connectivity index (χ2n) is 1.74. The molecule has 108 valence electrons. The monoisotopic (exact) mass is 296 g/mol. The van der Waals surface area contributed by atoms with Gasteiger partial charge in [-0.2, -0.15) is 0 Å². The number of carboxylic acids is 2. The zero-order chi connectivity index (χ0) is 15.7. The van der Waals surface area contributed by atoms with Gasteiger partial charge in [0.15, 0.2) is 0 Å². The van der Waals surface area contributed by atoms with Crippen molar-refractivity contribution in [1.29, 1.82) is 0 Å². The van der Waals surface area contributed by atoms with E-state index in [0.29, 0.717) is 0 Å². The summed E-state index contributed by atoms with van der Waals surface area (Å²) in [5.74, 6) is -1.94. The van der Waals surface area contributed by atoms with Crippen molar-refractivity contribution in [2.75, 3.05) is 13.1 Å². The Labute approximate surface area is 128 Å². The van der Waals surface area contributed by atoms with Crippen LogP contribution < -0.4 is 46.1 Å². The summed E-state index contributed by atoms with van der Waals surface area (Å²) in [7, 11) is 0. The standard InChI is InChI=1S/2C2H5NO2.2CH2O3.Na/c2*3-1-2(4)5;2*2-1(3)4;/h2*1,3H2,(H,4,5);2*(H2,2,3,4);/q;;;;+1/p-1. The molecule has 0 aliphatic rings. The zero-order valence-electron chi connectivity index (χ0n) is 9.85. The Balaban J connectivity index is -0.0000000453. The molecule has 0 atom stereocenters. The summed E-state index contributed by atoms with van der Waals surface area (Å²) >= 11 is 0. The fourth-order valence-corrected chi connectivity index (χ4v) is 0. The average Bonchev–Trinajstić information content (AvgIpc) is 2.16. The first-order chi connectivity index (χ1) is 8.00. The quantitative estimate of drug-likeness (QED) is 0.235. The molecule has 0 radical (unpaired) electrons. The number of carbonyl (C=O) groups is 4. The van der Waals surface area contributed by atoms with Gasteiger partial charge in [0, 0.05) is 0 Å². The van der Waals surface area contributed by atoms with Gasteiger partial charge in [0.05, 0.1) is 13.1 Å². The fourth-order valence-electron chi connectivity index (χ4n) is 0. The molecule has 0 rings (SSSR count). The van der Waals surface area contributed by atoms with E-state index in [1.54, 1.807) is 0 Å². The molecule has 19 heavy (non-hydrogen) atoms. The summed E-state index contributed by atoms with van der Waals surface area (Å²) < 4.78 is 0. The van der Waals surface area contributed by atoms with E-state index in [-0.39, 0.29) is 42.6 Å². The van der Waals surface area contributed by atoms with Crippen molar-refractivity contribution >= 4 is 24.2 Å². The van der Waals surface area contributed by atoms with E-state index in [2.05, 4.69) is 11.5 Å². The minimum atomic E-state index is -2.08. The number of rotatable bonds is 2. The van der Waals surface area contributed by atoms with Gasteiger partial charge in [0.1, 0.15) is 0 Å². The molecule has 13 heteroatoms. The van der Waals surface area contributed by atoms with Crippen molar-refractivity contribution in [2.45, 2.75) is 0 Å².